The van der Waals surface area contributed by atoms with Crippen LogP contribution in [-0.2, 0) is 10.3 Å². The Balaban J connectivity index is 1.91. The first kappa shape index (κ1) is 16.6. The lowest BCUT2D eigenvalue weighted by molar-refractivity contribution is -0.124. The van der Waals surface area contributed by atoms with Crippen molar-refractivity contribution in [3.05, 3.63) is 47.2 Å². The SMILES string of the molecule is NC1=N[C@@]2(CCSc3ccc(-c4cncc(Cl)c4)cc32)C(F)(F)CO1. The first-order valence-corrected chi connectivity index (χ1v) is 9.02. The highest BCUT2D eigenvalue weighted by atomic mass is 35.5. The lowest BCUT2D eigenvalue weighted by Crippen LogP contribution is -2.54. The summed E-state index contributed by atoms with van der Waals surface area (Å²) in [4.78, 5) is 8.93. The molecule has 0 unspecified atom stereocenters. The van der Waals surface area contributed by atoms with Crippen LogP contribution in [0.5, 0.6) is 0 Å². The summed E-state index contributed by atoms with van der Waals surface area (Å²) in [6, 6.07) is 7.01. The topological polar surface area (TPSA) is 60.5 Å². The number of pyridine rings is 1. The van der Waals surface area contributed by atoms with Crippen LogP contribution in [0.25, 0.3) is 11.1 Å². The highest BCUT2D eigenvalue weighted by Gasteiger charge is 2.59. The predicted octanol–water partition coefficient (Wildman–Crippen LogP) is 4.07. The van der Waals surface area contributed by atoms with Crippen molar-refractivity contribution >= 4 is 29.4 Å². The average molecular weight is 382 g/mol. The molecule has 0 radical (unpaired) electrons. The second kappa shape index (κ2) is 5.85. The van der Waals surface area contributed by atoms with Crippen molar-refractivity contribution in [3.63, 3.8) is 0 Å². The molecule has 1 aromatic carbocycles. The van der Waals surface area contributed by atoms with Crippen LogP contribution in [0.3, 0.4) is 0 Å². The number of benzene rings is 1. The van der Waals surface area contributed by atoms with E-state index in [0.29, 0.717) is 16.3 Å². The van der Waals surface area contributed by atoms with E-state index < -0.39 is 18.1 Å². The zero-order chi connectivity index (χ0) is 17.7. The van der Waals surface area contributed by atoms with Crippen molar-refractivity contribution in [1.82, 2.24) is 4.98 Å². The first-order chi connectivity index (χ1) is 11.9. The number of rotatable bonds is 1. The minimum atomic E-state index is -3.14. The van der Waals surface area contributed by atoms with Crippen molar-refractivity contribution < 1.29 is 13.5 Å². The Morgan fingerprint density at radius 2 is 2.04 bits per heavy atom. The van der Waals surface area contributed by atoms with Gasteiger partial charge in [0.2, 0.25) is 0 Å². The standard InChI is InChI=1S/C17H14ClF2N3OS/c18-12-5-11(7-22-8-12)10-1-2-14-13(6-10)16(3-4-25-14)17(19,20)9-24-15(21)23-16/h1-2,5-8H,3-4,9H2,(H2,21,23)/t16-/m1/s1. The molecular weight excluding hydrogens is 368 g/mol. The van der Waals surface area contributed by atoms with Crippen molar-refractivity contribution in [3.8, 4) is 11.1 Å². The van der Waals surface area contributed by atoms with E-state index in [1.807, 2.05) is 12.1 Å². The number of aliphatic imine (C=N–C) groups is 1. The van der Waals surface area contributed by atoms with Gasteiger partial charge in [0.25, 0.3) is 6.02 Å². The summed E-state index contributed by atoms with van der Waals surface area (Å²) in [7, 11) is 0. The molecule has 1 spiro atoms. The van der Waals surface area contributed by atoms with E-state index in [-0.39, 0.29) is 12.4 Å². The Bertz CT molecular complexity index is 877. The van der Waals surface area contributed by atoms with Gasteiger partial charge in [0, 0.05) is 34.2 Å². The number of halogens is 3. The molecule has 0 saturated carbocycles. The Kier molecular flexibility index (Phi) is 3.88. The fraction of sp³-hybridized carbons (Fsp3) is 0.294. The van der Waals surface area contributed by atoms with Crippen LogP contribution >= 0.6 is 23.4 Å². The van der Waals surface area contributed by atoms with Crippen LogP contribution in [0, 0.1) is 0 Å². The number of fused-ring (bicyclic) bond motifs is 2. The molecule has 4 nitrogen and oxygen atoms in total. The zero-order valence-electron chi connectivity index (χ0n) is 13.0. The Morgan fingerprint density at radius 1 is 1.20 bits per heavy atom. The molecular formula is C17H14ClF2N3OS. The van der Waals surface area contributed by atoms with E-state index in [2.05, 4.69) is 9.98 Å². The Labute approximate surface area is 152 Å². The van der Waals surface area contributed by atoms with Crippen LogP contribution in [0.15, 0.2) is 46.5 Å². The number of hydrogen-bond donors (Lipinski definition) is 1. The number of amidine groups is 1. The summed E-state index contributed by atoms with van der Waals surface area (Å²) < 4.78 is 34.5. The summed E-state index contributed by atoms with van der Waals surface area (Å²) in [5.74, 6) is -2.60. The summed E-state index contributed by atoms with van der Waals surface area (Å²) in [5.41, 5.74) is 5.94. The van der Waals surface area contributed by atoms with Crippen LogP contribution in [0.2, 0.25) is 5.02 Å². The Hall–Kier alpha value is -1.86. The highest BCUT2D eigenvalue weighted by Crippen LogP contribution is 2.53. The molecule has 1 aromatic heterocycles. The maximum atomic E-state index is 14.9. The van der Waals surface area contributed by atoms with Gasteiger partial charge in [-0.3, -0.25) is 4.98 Å². The van der Waals surface area contributed by atoms with E-state index in [9.17, 15) is 8.78 Å². The van der Waals surface area contributed by atoms with E-state index >= 15 is 0 Å². The second-order valence-corrected chi connectivity index (χ2v) is 7.58. The zero-order valence-corrected chi connectivity index (χ0v) is 14.6. The van der Waals surface area contributed by atoms with Gasteiger partial charge < -0.3 is 10.5 Å². The number of nitrogens with zero attached hydrogens (tertiary/aromatic N) is 2. The molecule has 1 atom stereocenters. The number of nitrogens with two attached hydrogens (primary N) is 1. The average Bonchev–Trinajstić information content (AvgIpc) is 2.59. The molecule has 2 N–H and O–H groups in total. The number of aromatic nitrogens is 1. The number of hydrogen-bond acceptors (Lipinski definition) is 5. The molecule has 2 aromatic rings. The van der Waals surface area contributed by atoms with E-state index in [1.54, 1.807) is 18.3 Å². The fourth-order valence-electron chi connectivity index (χ4n) is 3.25. The van der Waals surface area contributed by atoms with Crippen molar-refractivity contribution in [2.75, 3.05) is 12.4 Å². The van der Waals surface area contributed by atoms with E-state index in [4.69, 9.17) is 22.1 Å². The lowest BCUT2D eigenvalue weighted by atomic mass is 9.80. The smallest absolute Gasteiger partial charge is 0.310 e. The summed E-state index contributed by atoms with van der Waals surface area (Å²) >= 11 is 7.54. The van der Waals surface area contributed by atoms with Crippen molar-refractivity contribution in [2.45, 2.75) is 22.8 Å². The molecule has 0 fully saturated rings. The third kappa shape index (κ3) is 2.66. The normalized spacial score (nSPS) is 24.4. The molecule has 0 aliphatic carbocycles. The van der Waals surface area contributed by atoms with Gasteiger partial charge in [-0.05, 0) is 30.2 Å². The summed E-state index contributed by atoms with van der Waals surface area (Å²) in [6.07, 6.45) is 3.37. The van der Waals surface area contributed by atoms with Gasteiger partial charge in [-0.2, -0.15) is 8.78 Å². The maximum absolute atomic E-state index is 14.9. The highest BCUT2D eigenvalue weighted by molar-refractivity contribution is 7.99. The Morgan fingerprint density at radius 3 is 2.84 bits per heavy atom. The van der Waals surface area contributed by atoms with Crippen LogP contribution in [0.4, 0.5) is 8.78 Å². The van der Waals surface area contributed by atoms with Gasteiger partial charge in [-0.1, -0.05) is 17.7 Å². The molecule has 130 valence electrons. The molecule has 0 bridgehead atoms. The van der Waals surface area contributed by atoms with Crippen LogP contribution < -0.4 is 5.73 Å². The third-order valence-corrected chi connectivity index (χ3v) is 5.77. The van der Waals surface area contributed by atoms with E-state index in [1.165, 1.54) is 18.0 Å². The molecule has 0 amide bonds. The van der Waals surface area contributed by atoms with Gasteiger partial charge in [-0.15, -0.1) is 11.8 Å². The number of thioether (sulfide) groups is 1. The van der Waals surface area contributed by atoms with Crippen molar-refractivity contribution in [2.24, 2.45) is 10.7 Å². The minimum Gasteiger partial charge on any atom is -0.459 e. The van der Waals surface area contributed by atoms with Gasteiger partial charge in [0.1, 0.15) is 0 Å². The molecule has 3 heterocycles. The monoisotopic (exact) mass is 381 g/mol. The number of alkyl halides is 2. The van der Waals surface area contributed by atoms with Crippen LogP contribution in [-0.4, -0.2) is 29.3 Å². The quantitative estimate of drug-likeness (QED) is 0.808. The van der Waals surface area contributed by atoms with Crippen molar-refractivity contribution in [1.29, 1.82) is 0 Å². The lowest BCUT2D eigenvalue weighted by Gasteiger charge is -2.43. The molecule has 2 aliphatic rings. The molecule has 8 heteroatoms. The fourth-order valence-corrected chi connectivity index (χ4v) is 4.59. The van der Waals surface area contributed by atoms with Gasteiger partial charge in [0.05, 0.1) is 5.02 Å². The largest absolute Gasteiger partial charge is 0.459 e. The minimum absolute atomic E-state index is 0.193. The van der Waals surface area contributed by atoms with Gasteiger partial charge in [-0.25, -0.2) is 4.99 Å². The second-order valence-electron chi connectivity index (χ2n) is 6.00. The molecule has 0 saturated heterocycles. The summed E-state index contributed by atoms with van der Waals surface area (Å²) in [5, 5.41) is 0.484. The van der Waals surface area contributed by atoms with Crippen LogP contribution in [0.1, 0.15) is 12.0 Å². The molecule has 4 rings (SSSR count). The summed E-state index contributed by atoms with van der Waals surface area (Å²) in [6.45, 7) is -0.768. The molecule has 25 heavy (non-hydrogen) atoms. The van der Waals surface area contributed by atoms with Gasteiger partial charge in [0.15, 0.2) is 12.1 Å². The maximum Gasteiger partial charge on any atom is 0.310 e. The van der Waals surface area contributed by atoms with E-state index in [0.717, 1.165) is 16.0 Å². The molecule has 2 aliphatic heterocycles. The number of ether oxygens (including phenoxy) is 1. The van der Waals surface area contributed by atoms with Gasteiger partial charge >= 0.3 is 5.92 Å². The first-order valence-electron chi connectivity index (χ1n) is 7.65. The predicted molar refractivity (Wildman–Crippen MR) is 94.2 cm³/mol. The third-order valence-electron chi connectivity index (χ3n) is 4.49.